The highest BCUT2D eigenvalue weighted by Crippen LogP contribution is 2.37. The smallest absolute Gasteiger partial charge is 0.469 e. The molecule has 9 nitrogen and oxygen atoms in total. The number of fused-ring (bicyclic) bond motifs is 1. The summed E-state index contributed by atoms with van der Waals surface area (Å²) in [5, 5.41) is 18.4. The van der Waals surface area contributed by atoms with E-state index in [0.717, 1.165) is 10.2 Å². The highest BCUT2D eigenvalue weighted by molar-refractivity contribution is 7.46. The van der Waals surface area contributed by atoms with Crippen molar-refractivity contribution in [1.29, 1.82) is 0 Å². The quantitative estimate of drug-likeness (QED) is 0.337. The summed E-state index contributed by atoms with van der Waals surface area (Å²) in [6.45, 7) is 1.17. The summed E-state index contributed by atoms with van der Waals surface area (Å²) in [5.41, 5.74) is 1.89. The third-order valence-electron chi connectivity index (χ3n) is 3.79. The van der Waals surface area contributed by atoms with Gasteiger partial charge in [0, 0.05) is 24.4 Å². The van der Waals surface area contributed by atoms with E-state index in [-0.39, 0.29) is 16.9 Å². The van der Waals surface area contributed by atoms with Gasteiger partial charge in [0.2, 0.25) is 4.80 Å². The van der Waals surface area contributed by atoms with Gasteiger partial charge in [-0.15, -0.1) is 5.10 Å². The van der Waals surface area contributed by atoms with Crippen molar-refractivity contribution in [2.24, 2.45) is 17.3 Å². The van der Waals surface area contributed by atoms with Gasteiger partial charge in [0.15, 0.2) is 0 Å². The predicted octanol–water partition coefficient (Wildman–Crippen LogP) is 2.19. The second-order valence-corrected chi connectivity index (χ2v) is 7.90. The summed E-state index contributed by atoms with van der Waals surface area (Å²) < 4.78 is 18.4. The Hall–Kier alpha value is -2.36. The van der Waals surface area contributed by atoms with E-state index in [1.165, 1.54) is 23.7 Å². The lowest BCUT2D eigenvalue weighted by Crippen LogP contribution is -2.09. The van der Waals surface area contributed by atoms with Gasteiger partial charge in [0.1, 0.15) is 5.75 Å². The van der Waals surface area contributed by atoms with Crippen molar-refractivity contribution in [2.45, 2.75) is 13.5 Å². The van der Waals surface area contributed by atoms with Gasteiger partial charge in [-0.25, -0.2) is 4.57 Å². The second-order valence-electron chi connectivity index (χ2n) is 5.65. The van der Waals surface area contributed by atoms with Crippen LogP contribution >= 0.6 is 19.2 Å². The molecule has 0 saturated heterocycles. The van der Waals surface area contributed by atoms with E-state index in [1.54, 1.807) is 6.92 Å². The number of nitrogens with zero attached hydrogens (tertiary/aromatic N) is 4. The number of hydrogen-bond donors (Lipinski definition) is 3. The normalized spacial score (nSPS) is 13.1. The van der Waals surface area contributed by atoms with E-state index in [0.29, 0.717) is 10.5 Å². The minimum Gasteiger partial charge on any atom is -0.505 e. The van der Waals surface area contributed by atoms with E-state index in [9.17, 15) is 9.67 Å². The van der Waals surface area contributed by atoms with Crippen LogP contribution < -0.4 is 4.80 Å². The maximum Gasteiger partial charge on any atom is 0.469 e. The molecule has 0 aliphatic heterocycles. The van der Waals surface area contributed by atoms with E-state index in [4.69, 9.17) is 9.79 Å². The first-order valence-corrected chi connectivity index (χ1v) is 10.1. The highest BCUT2D eigenvalue weighted by Gasteiger charge is 2.17. The van der Waals surface area contributed by atoms with Crippen LogP contribution in [0.2, 0.25) is 0 Å². The minimum atomic E-state index is -4.65. The summed E-state index contributed by atoms with van der Waals surface area (Å²) in [7, 11) is -2.78. The van der Waals surface area contributed by atoms with Crippen molar-refractivity contribution < 1.29 is 24.0 Å². The molecule has 0 radical (unpaired) electrons. The molecule has 11 heteroatoms. The van der Waals surface area contributed by atoms with E-state index in [1.807, 2.05) is 35.9 Å². The van der Waals surface area contributed by atoms with Crippen LogP contribution in [0.3, 0.4) is 0 Å². The Morgan fingerprint density at radius 2 is 2.11 bits per heavy atom. The summed E-state index contributed by atoms with van der Waals surface area (Å²) in [6, 6.07) is 7.84. The van der Waals surface area contributed by atoms with Crippen molar-refractivity contribution in [2.75, 3.05) is 0 Å². The van der Waals surface area contributed by atoms with E-state index >= 15 is 0 Å². The number of hydrogen-bond acceptors (Lipinski definition) is 7. The Morgan fingerprint density at radius 1 is 1.37 bits per heavy atom. The summed E-state index contributed by atoms with van der Waals surface area (Å²) in [5.74, 6) is -0.151. The fourth-order valence-corrected chi connectivity index (χ4v) is 3.66. The van der Waals surface area contributed by atoms with Crippen LogP contribution in [0.15, 0.2) is 40.7 Å². The van der Waals surface area contributed by atoms with Gasteiger partial charge in [-0.1, -0.05) is 23.5 Å². The molecule has 2 heterocycles. The maximum atomic E-state index is 10.9. The average Bonchev–Trinajstić information content (AvgIpc) is 2.93. The third kappa shape index (κ3) is 4.49. The average molecular weight is 408 g/mol. The zero-order valence-corrected chi connectivity index (χ0v) is 16.2. The lowest BCUT2D eigenvalue weighted by Gasteiger charge is -2.10. The Kier molecular flexibility index (Phi) is 5.54. The molecule has 0 atom stereocenters. The standard InChI is InChI=1S/C16H17N4O5PS/c1-10-15(21)12(11(7-17-10)9-25-26(22,23)24)8-18-19-16-20(2)13-5-3-4-6-14(13)27-16/h3-8,21H,9H2,1-2H3,(H2,22,23,24). The first kappa shape index (κ1) is 19.4. The molecule has 0 bridgehead atoms. The number of phosphoric ester groups is 1. The van der Waals surface area contributed by atoms with Crippen molar-refractivity contribution in [3.8, 4) is 5.75 Å². The van der Waals surface area contributed by atoms with Crippen molar-refractivity contribution in [3.05, 3.63) is 52.1 Å². The number of rotatable bonds is 5. The van der Waals surface area contributed by atoms with Gasteiger partial charge >= 0.3 is 7.82 Å². The molecule has 3 aromatic rings. The van der Waals surface area contributed by atoms with Crippen LogP contribution in [0, 0.1) is 6.92 Å². The minimum absolute atomic E-state index is 0.151. The summed E-state index contributed by atoms with van der Waals surface area (Å²) in [6.07, 6.45) is 2.68. The lowest BCUT2D eigenvalue weighted by atomic mass is 10.1. The molecular formula is C16H17N4O5PS. The largest absolute Gasteiger partial charge is 0.505 e. The van der Waals surface area contributed by atoms with Crippen LogP contribution in [-0.4, -0.2) is 30.7 Å². The Bertz CT molecular complexity index is 1130. The summed E-state index contributed by atoms with van der Waals surface area (Å²) >= 11 is 1.46. The number of thiazole rings is 1. The summed E-state index contributed by atoms with van der Waals surface area (Å²) in [4.78, 5) is 22.4. The second kappa shape index (κ2) is 7.71. The van der Waals surface area contributed by atoms with E-state index < -0.39 is 14.4 Å². The lowest BCUT2D eigenvalue weighted by molar-refractivity contribution is 0.188. The molecule has 0 aliphatic carbocycles. The van der Waals surface area contributed by atoms with Crippen molar-refractivity contribution in [1.82, 2.24) is 9.55 Å². The number of aryl methyl sites for hydroxylation is 2. The zero-order valence-electron chi connectivity index (χ0n) is 14.5. The molecule has 1 aromatic carbocycles. The molecule has 2 aromatic heterocycles. The Morgan fingerprint density at radius 3 is 2.81 bits per heavy atom. The molecule has 142 valence electrons. The Labute approximate surface area is 158 Å². The van der Waals surface area contributed by atoms with Crippen molar-refractivity contribution in [3.63, 3.8) is 0 Å². The fraction of sp³-hybridized carbons (Fsp3) is 0.188. The van der Waals surface area contributed by atoms with Gasteiger partial charge in [-0.05, 0) is 19.1 Å². The maximum absolute atomic E-state index is 10.9. The molecule has 27 heavy (non-hydrogen) atoms. The van der Waals surface area contributed by atoms with E-state index in [2.05, 4.69) is 19.7 Å². The highest BCUT2D eigenvalue weighted by atomic mass is 32.1. The van der Waals surface area contributed by atoms with Crippen LogP contribution in [0.25, 0.3) is 10.2 Å². The molecule has 0 fully saturated rings. The van der Waals surface area contributed by atoms with Crippen molar-refractivity contribution >= 4 is 35.6 Å². The number of pyridine rings is 1. The van der Waals surface area contributed by atoms with Gasteiger partial charge in [0.05, 0.1) is 28.7 Å². The third-order valence-corrected chi connectivity index (χ3v) is 5.36. The molecule has 0 aliphatic rings. The molecule has 0 saturated carbocycles. The number of aromatic hydroxyl groups is 1. The predicted molar refractivity (Wildman–Crippen MR) is 101 cm³/mol. The first-order chi connectivity index (χ1) is 12.8. The number of aromatic nitrogens is 2. The van der Waals surface area contributed by atoms with Gasteiger partial charge < -0.3 is 19.5 Å². The van der Waals surface area contributed by atoms with Gasteiger partial charge in [-0.3, -0.25) is 9.51 Å². The molecule has 3 N–H and O–H groups in total. The molecule has 0 amide bonds. The monoisotopic (exact) mass is 408 g/mol. The van der Waals surface area contributed by atoms with Gasteiger partial charge in [0.25, 0.3) is 0 Å². The molecular weight excluding hydrogens is 391 g/mol. The zero-order chi connectivity index (χ0) is 19.6. The first-order valence-electron chi connectivity index (χ1n) is 7.75. The van der Waals surface area contributed by atoms with Crippen LogP contribution in [0.5, 0.6) is 5.75 Å². The van der Waals surface area contributed by atoms with Crippen LogP contribution in [-0.2, 0) is 22.7 Å². The number of para-hydroxylation sites is 1. The SMILES string of the molecule is Cc1ncc(COP(=O)(O)O)c(C=NN=c2sc3ccccc3n2C)c1O. The topological polar surface area (TPSA) is 130 Å². The number of benzene rings is 1. The molecule has 0 spiro atoms. The van der Waals surface area contributed by atoms with Crippen LogP contribution in [0.4, 0.5) is 0 Å². The molecule has 0 unspecified atom stereocenters. The van der Waals surface area contributed by atoms with Crippen LogP contribution in [0.1, 0.15) is 16.8 Å². The molecule has 3 rings (SSSR count). The Balaban J connectivity index is 1.97. The number of phosphoric acid groups is 1. The van der Waals surface area contributed by atoms with Gasteiger partial charge in [-0.2, -0.15) is 5.10 Å². The fourth-order valence-electron chi connectivity index (χ4n) is 2.38.